The summed E-state index contributed by atoms with van der Waals surface area (Å²) < 4.78 is 81.9. The molecule has 14 heteroatoms. The Morgan fingerprint density at radius 1 is 1.04 bits per heavy atom. The Hall–Kier alpha value is -3.36. The average Bonchev–Trinajstić information content (AvgIpc) is 3.70. The molecule has 0 amide bonds. The Labute approximate surface area is 260 Å². The van der Waals surface area contributed by atoms with Crippen molar-refractivity contribution in [2.45, 2.75) is 75.2 Å². The van der Waals surface area contributed by atoms with E-state index in [2.05, 4.69) is 19.9 Å². The molecule has 4 N–H and O–H groups in total. The zero-order chi connectivity index (χ0) is 31.7. The van der Waals surface area contributed by atoms with Crippen LogP contribution < -0.4 is 21.1 Å². The molecule has 1 saturated carbocycles. The number of nitrogen functional groups attached to an aromatic ring is 1. The summed E-state index contributed by atoms with van der Waals surface area (Å²) in [5.74, 6) is -1.77. The van der Waals surface area contributed by atoms with Crippen LogP contribution in [0.15, 0.2) is 18.2 Å². The third-order valence-corrected chi connectivity index (χ3v) is 10.8. The Morgan fingerprint density at radius 2 is 1.76 bits per heavy atom. The van der Waals surface area contributed by atoms with Crippen LogP contribution in [0.5, 0.6) is 6.01 Å². The molecule has 0 unspecified atom stereocenters. The van der Waals surface area contributed by atoms with Crippen molar-refractivity contribution in [2.75, 3.05) is 37.4 Å². The summed E-state index contributed by atoms with van der Waals surface area (Å²) in [6.07, 6.45) is 1.97. The van der Waals surface area contributed by atoms with E-state index < -0.39 is 28.9 Å². The summed E-state index contributed by atoms with van der Waals surface area (Å²) in [5, 5.41) is -0.140. The van der Waals surface area contributed by atoms with Gasteiger partial charge in [-0.15, -0.1) is 0 Å². The number of hydrogen-bond acceptors (Lipinski definition) is 9. The molecular formula is C31H34F5N7OS. The fourth-order valence-corrected chi connectivity index (χ4v) is 8.29. The summed E-state index contributed by atoms with van der Waals surface area (Å²) in [5.41, 5.74) is 9.07. The van der Waals surface area contributed by atoms with Crippen LogP contribution in [0.25, 0.3) is 32.2 Å². The SMILES string of the molecule is CN(c1nc(OCC23CCCN2CCC3)nc2c(F)c(-c3ccc(F)c4sc(N)nc34)c(C(F)(F)F)cc12)C1CCC(N)CC1. The first-order valence-electron chi connectivity index (χ1n) is 15.3. The largest absolute Gasteiger partial charge is 0.461 e. The molecule has 4 heterocycles. The van der Waals surface area contributed by atoms with Crippen LogP contribution in [0, 0.1) is 11.6 Å². The number of rotatable bonds is 6. The van der Waals surface area contributed by atoms with Gasteiger partial charge < -0.3 is 21.1 Å². The van der Waals surface area contributed by atoms with E-state index >= 15 is 4.39 Å². The first-order valence-corrected chi connectivity index (χ1v) is 16.1. The van der Waals surface area contributed by atoms with Crippen LogP contribution in [-0.2, 0) is 6.18 Å². The lowest BCUT2D eigenvalue weighted by Crippen LogP contribution is -2.43. The van der Waals surface area contributed by atoms with Crippen LogP contribution in [0.1, 0.15) is 56.9 Å². The lowest BCUT2D eigenvalue weighted by atomic mass is 9.90. The molecule has 0 radical (unpaired) electrons. The summed E-state index contributed by atoms with van der Waals surface area (Å²) in [7, 11) is 1.75. The lowest BCUT2D eigenvalue weighted by Gasteiger charge is -2.35. The van der Waals surface area contributed by atoms with Gasteiger partial charge in [0, 0.05) is 35.6 Å². The molecule has 0 atom stereocenters. The van der Waals surface area contributed by atoms with Gasteiger partial charge in [0.1, 0.15) is 23.8 Å². The molecule has 2 saturated heterocycles. The van der Waals surface area contributed by atoms with Gasteiger partial charge in [0.15, 0.2) is 10.9 Å². The van der Waals surface area contributed by atoms with Gasteiger partial charge in [-0.3, -0.25) is 4.90 Å². The van der Waals surface area contributed by atoms with E-state index in [0.717, 1.165) is 81.2 Å². The van der Waals surface area contributed by atoms with E-state index in [1.165, 1.54) is 0 Å². The molecular weight excluding hydrogens is 613 g/mol. The second kappa shape index (κ2) is 11.2. The predicted molar refractivity (Wildman–Crippen MR) is 164 cm³/mol. The highest BCUT2D eigenvalue weighted by Crippen LogP contribution is 2.46. The van der Waals surface area contributed by atoms with Gasteiger partial charge in [-0.2, -0.15) is 23.1 Å². The van der Waals surface area contributed by atoms with Gasteiger partial charge in [0.05, 0.1) is 21.3 Å². The zero-order valence-corrected chi connectivity index (χ0v) is 25.6. The van der Waals surface area contributed by atoms with Crippen LogP contribution >= 0.6 is 11.3 Å². The molecule has 0 bridgehead atoms. The highest BCUT2D eigenvalue weighted by Gasteiger charge is 2.45. The highest BCUT2D eigenvalue weighted by atomic mass is 32.1. The van der Waals surface area contributed by atoms with E-state index in [-0.39, 0.29) is 61.3 Å². The van der Waals surface area contributed by atoms with Crippen molar-refractivity contribution in [3.05, 3.63) is 35.4 Å². The van der Waals surface area contributed by atoms with Gasteiger partial charge in [0.2, 0.25) is 0 Å². The van der Waals surface area contributed by atoms with Gasteiger partial charge in [-0.05, 0) is 82.7 Å². The molecule has 45 heavy (non-hydrogen) atoms. The maximum absolute atomic E-state index is 16.8. The number of hydrogen-bond donors (Lipinski definition) is 2. The number of thiazole rings is 1. The minimum atomic E-state index is -4.97. The number of fused-ring (bicyclic) bond motifs is 3. The van der Waals surface area contributed by atoms with Crippen LogP contribution in [-0.4, -0.2) is 64.2 Å². The van der Waals surface area contributed by atoms with Gasteiger partial charge in [0.25, 0.3) is 0 Å². The normalized spacial score (nSPS) is 21.9. The molecule has 3 fully saturated rings. The zero-order valence-electron chi connectivity index (χ0n) is 24.8. The summed E-state index contributed by atoms with van der Waals surface area (Å²) >= 11 is 0.783. The number of aromatic nitrogens is 3. The molecule has 2 aromatic carbocycles. The van der Waals surface area contributed by atoms with Crippen LogP contribution in [0.2, 0.25) is 0 Å². The van der Waals surface area contributed by atoms with Crippen LogP contribution in [0.3, 0.4) is 0 Å². The number of nitrogens with two attached hydrogens (primary N) is 2. The van der Waals surface area contributed by atoms with Crippen molar-refractivity contribution in [2.24, 2.45) is 5.73 Å². The molecule has 3 aliphatic rings. The third-order valence-electron chi connectivity index (χ3n) is 9.88. The minimum Gasteiger partial charge on any atom is -0.461 e. The first-order chi connectivity index (χ1) is 21.4. The van der Waals surface area contributed by atoms with E-state index in [1.807, 2.05) is 0 Å². The average molecular weight is 648 g/mol. The standard InChI is InChI=1S/C31H34F5N7OS/c1-42(17-6-4-16(37)5-7-17)27-19-14-20(31(34,35)36)22(18-8-9-21(32)26-25(18)39-28(38)45-26)23(33)24(19)40-29(41-27)44-15-30-10-2-12-43(30)13-3-11-30/h8-9,14,16-17H,2-7,10-13,15,37H2,1H3,(H2,38,39). The molecule has 0 spiro atoms. The Bertz CT molecular complexity index is 1760. The Morgan fingerprint density at radius 3 is 2.44 bits per heavy atom. The quantitative estimate of drug-likeness (QED) is 0.229. The number of nitrogens with zero attached hydrogens (tertiary/aromatic N) is 5. The van der Waals surface area contributed by atoms with Crippen LogP contribution in [0.4, 0.5) is 32.9 Å². The fraction of sp³-hybridized carbons (Fsp3) is 0.516. The van der Waals surface area contributed by atoms with Crippen molar-refractivity contribution in [3.63, 3.8) is 0 Å². The number of alkyl halides is 3. The van der Waals surface area contributed by atoms with Gasteiger partial charge in [-0.1, -0.05) is 11.3 Å². The number of ether oxygens (including phenoxy) is 1. The Balaban J connectivity index is 1.42. The van der Waals surface area contributed by atoms with Gasteiger partial charge in [-0.25, -0.2) is 13.8 Å². The number of anilines is 2. The maximum Gasteiger partial charge on any atom is 0.417 e. The monoisotopic (exact) mass is 647 g/mol. The fourth-order valence-electron chi connectivity index (χ4n) is 7.53. The van der Waals surface area contributed by atoms with E-state index in [1.54, 1.807) is 11.9 Å². The van der Waals surface area contributed by atoms with E-state index in [4.69, 9.17) is 16.2 Å². The van der Waals surface area contributed by atoms with Crippen molar-refractivity contribution < 1.29 is 26.7 Å². The van der Waals surface area contributed by atoms with Crippen molar-refractivity contribution in [3.8, 4) is 17.1 Å². The second-order valence-electron chi connectivity index (χ2n) is 12.5. The number of halogens is 5. The predicted octanol–water partition coefficient (Wildman–Crippen LogP) is 6.50. The summed E-state index contributed by atoms with van der Waals surface area (Å²) in [6, 6.07) is 2.87. The third kappa shape index (κ3) is 5.24. The topological polar surface area (TPSA) is 106 Å². The molecule has 7 rings (SSSR count). The van der Waals surface area contributed by atoms with Gasteiger partial charge >= 0.3 is 12.2 Å². The van der Waals surface area contributed by atoms with Crippen molar-refractivity contribution in [1.82, 2.24) is 19.9 Å². The molecule has 4 aromatic rings. The molecule has 2 aromatic heterocycles. The smallest absolute Gasteiger partial charge is 0.417 e. The highest BCUT2D eigenvalue weighted by molar-refractivity contribution is 7.22. The number of benzene rings is 2. The van der Waals surface area contributed by atoms with Crippen molar-refractivity contribution in [1.29, 1.82) is 0 Å². The Kier molecular flexibility index (Phi) is 7.52. The second-order valence-corrected chi connectivity index (χ2v) is 13.6. The minimum absolute atomic E-state index is 0.0486. The first kappa shape index (κ1) is 30.3. The van der Waals surface area contributed by atoms with E-state index in [0.29, 0.717) is 19.4 Å². The molecule has 8 nitrogen and oxygen atoms in total. The molecule has 1 aliphatic carbocycles. The molecule has 2 aliphatic heterocycles. The maximum atomic E-state index is 16.8. The summed E-state index contributed by atoms with van der Waals surface area (Å²) in [4.78, 5) is 17.3. The molecule has 240 valence electrons. The lowest BCUT2D eigenvalue weighted by molar-refractivity contribution is -0.137. The van der Waals surface area contributed by atoms with E-state index in [9.17, 15) is 17.6 Å². The van der Waals surface area contributed by atoms with Crippen molar-refractivity contribution >= 4 is 43.4 Å². The summed E-state index contributed by atoms with van der Waals surface area (Å²) in [6.45, 7) is 2.25.